The highest BCUT2D eigenvalue weighted by Gasteiger charge is 2.11. The molecule has 1 heterocycles. The van der Waals surface area contributed by atoms with Crippen LogP contribution in [-0.4, -0.2) is 22.7 Å². The molecule has 0 saturated carbocycles. The summed E-state index contributed by atoms with van der Waals surface area (Å²) in [5.74, 6) is 0.319. The molecule has 0 bridgehead atoms. The fraction of sp³-hybridized carbons (Fsp3) is 0.500. The first kappa shape index (κ1) is 13.8. The molecule has 1 N–H and O–H groups in total. The summed E-state index contributed by atoms with van der Waals surface area (Å²) in [5, 5.41) is 7.45. The van der Waals surface area contributed by atoms with Crippen molar-refractivity contribution in [2.75, 3.05) is 7.05 Å². The molecule has 0 spiro atoms. The van der Waals surface area contributed by atoms with Gasteiger partial charge in [-0.05, 0) is 18.9 Å². The fourth-order valence-corrected chi connectivity index (χ4v) is 1.77. The van der Waals surface area contributed by atoms with Crippen LogP contribution in [-0.2, 0) is 11.3 Å². The number of halogens is 1. The quantitative estimate of drug-likeness (QED) is 0.839. The first-order valence-electron chi connectivity index (χ1n) is 5.58. The Bertz CT molecular complexity index is 435. The summed E-state index contributed by atoms with van der Waals surface area (Å²) in [5.41, 5.74) is 1.63. The van der Waals surface area contributed by atoms with Crippen molar-refractivity contribution in [3.8, 4) is 0 Å². The van der Waals surface area contributed by atoms with Crippen molar-refractivity contribution in [3.63, 3.8) is 0 Å². The maximum Gasteiger partial charge on any atom is 0.243 e. The van der Waals surface area contributed by atoms with E-state index in [0.717, 1.165) is 17.8 Å². The zero-order chi connectivity index (χ0) is 13.0. The van der Waals surface area contributed by atoms with Gasteiger partial charge in [-0.1, -0.05) is 25.4 Å². The van der Waals surface area contributed by atoms with Gasteiger partial charge in [0.15, 0.2) is 0 Å². The molecule has 5 heteroatoms. The lowest BCUT2D eigenvalue weighted by molar-refractivity contribution is -0.115. The van der Waals surface area contributed by atoms with Crippen LogP contribution in [0.1, 0.15) is 25.1 Å². The van der Waals surface area contributed by atoms with Crippen LogP contribution < -0.4 is 5.32 Å². The molecule has 0 radical (unpaired) electrons. The van der Waals surface area contributed by atoms with E-state index in [1.165, 1.54) is 6.08 Å². The zero-order valence-electron chi connectivity index (χ0n) is 10.6. The van der Waals surface area contributed by atoms with Crippen LogP contribution in [0.5, 0.6) is 0 Å². The number of likely N-dealkylation sites (N-methyl/N-ethyl adjacent to an activating group) is 1. The minimum atomic E-state index is -0.155. The van der Waals surface area contributed by atoms with Crippen molar-refractivity contribution in [2.24, 2.45) is 5.92 Å². The summed E-state index contributed by atoms with van der Waals surface area (Å²) in [6.07, 6.45) is 3.15. The van der Waals surface area contributed by atoms with Gasteiger partial charge in [0.25, 0.3) is 0 Å². The maximum atomic E-state index is 11.1. The number of carbonyl (C=O) groups excluding carboxylic acids is 1. The van der Waals surface area contributed by atoms with Gasteiger partial charge in [-0.2, -0.15) is 5.10 Å². The number of rotatable bonds is 4. The molecule has 0 atom stereocenters. The molecule has 1 rings (SSSR count). The predicted octanol–water partition coefficient (Wildman–Crippen LogP) is 2.26. The van der Waals surface area contributed by atoms with Gasteiger partial charge in [0, 0.05) is 25.2 Å². The van der Waals surface area contributed by atoms with Crippen LogP contribution in [0.15, 0.2) is 6.08 Å². The molecule has 1 aromatic rings. The Labute approximate surface area is 107 Å². The first-order valence-corrected chi connectivity index (χ1v) is 5.96. The van der Waals surface area contributed by atoms with Gasteiger partial charge in [-0.15, -0.1) is 0 Å². The number of nitrogens with zero attached hydrogens (tertiary/aromatic N) is 2. The molecule has 0 fully saturated rings. The third-order valence-corrected chi connectivity index (χ3v) is 2.69. The number of aryl methyl sites for hydroxylation is 1. The second-order valence-corrected chi connectivity index (χ2v) is 4.67. The minimum Gasteiger partial charge on any atom is -0.356 e. The largest absolute Gasteiger partial charge is 0.356 e. The van der Waals surface area contributed by atoms with Crippen LogP contribution in [0.25, 0.3) is 6.08 Å². The highest BCUT2D eigenvalue weighted by Crippen LogP contribution is 2.22. The monoisotopic (exact) mass is 255 g/mol. The summed E-state index contributed by atoms with van der Waals surface area (Å²) in [7, 11) is 1.59. The van der Waals surface area contributed by atoms with Gasteiger partial charge in [-0.25, -0.2) is 0 Å². The summed E-state index contributed by atoms with van der Waals surface area (Å²) >= 11 is 6.22. The number of aromatic nitrogens is 2. The Balaban J connectivity index is 2.97. The van der Waals surface area contributed by atoms with Gasteiger partial charge < -0.3 is 5.32 Å². The molecule has 1 aromatic heterocycles. The highest BCUT2D eigenvalue weighted by molar-refractivity contribution is 6.31. The standard InChI is InChI=1S/C12H18ClN3O/c1-8(2)7-16-12(13)10(9(3)15-16)5-6-11(17)14-4/h5-6,8H,7H2,1-4H3,(H,14,17)/b6-5+. The Hall–Kier alpha value is -1.29. The topological polar surface area (TPSA) is 46.9 Å². The van der Waals surface area contributed by atoms with Crippen molar-refractivity contribution < 1.29 is 4.79 Å². The number of nitrogens with one attached hydrogen (secondary N) is 1. The summed E-state index contributed by atoms with van der Waals surface area (Å²) in [6.45, 7) is 6.86. The minimum absolute atomic E-state index is 0.155. The van der Waals surface area contributed by atoms with E-state index in [9.17, 15) is 4.79 Å². The average molecular weight is 256 g/mol. The van der Waals surface area contributed by atoms with Crippen molar-refractivity contribution in [1.29, 1.82) is 0 Å². The lowest BCUT2D eigenvalue weighted by Gasteiger charge is -2.05. The summed E-state index contributed by atoms with van der Waals surface area (Å²) in [6, 6.07) is 0. The van der Waals surface area contributed by atoms with E-state index in [1.807, 2.05) is 6.92 Å². The predicted molar refractivity (Wildman–Crippen MR) is 69.9 cm³/mol. The summed E-state index contributed by atoms with van der Waals surface area (Å²) < 4.78 is 1.77. The molecule has 17 heavy (non-hydrogen) atoms. The molecular formula is C12H18ClN3O. The van der Waals surface area contributed by atoms with E-state index in [-0.39, 0.29) is 5.91 Å². The molecule has 0 unspecified atom stereocenters. The molecule has 0 aliphatic carbocycles. The molecular weight excluding hydrogens is 238 g/mol. The fourth-order valence-electron chi connectivity index (χ4n) is 1.47. The highest BCUT2D eigenvalue weighted by atomic mass is 35.5. The third kappa shape index (κ3) is 3.60. The van der Waals surface area contributed by atoms with E-state index < -0.39 is 0 Å². The third-order valence-electron chi connectivity index (χ3n) is 2.30. The molecule has 94 valence electrons. The van der Waals surface area contributed by atoms with Gasteiger partial charge >= 0.3 is 0 Å². The van der Waals surface area contributed by atoms with Crippen LogP contribution in [0.3, 0.4) is 0 Å². The van der Waals surface area contributed by atoms with Crippen LogP contribution in [0.4, 0.5) is 0 Å². The SMILES string of the molecule is CNC(=O)/C=C/c1c(C)nn(CC(C)C)c1Cl. The van der Waals surface area contributed by atoms with E-state index in [2.05, 4.69) is 24.3 Å². The molecule has 4 nitrogen and oxygen atoms in total. The van der Waals surface area contributed by atoms with Crippen LogP contribution in [0, 0.1) is 12.8 Å². The maximum absolute atomic E-state index is 11.1. The van der Waals surface area contributed by atoms with Gasteiger partial charge in [0.05, 0.1) is 5.69 Å². The van der Waals surface area contributed by atoms with E-state index >= 15 is 0 Å². The number of carbonyl (C=O) groups is 1. The number of hydrogen-bond acceptors (Lipinski definition) is 2. The Kier molecular flexibility index (Phi) is 4.75. The van der Waals surface area contributed by atoms with E-state index in [4.69, 9.17) is 11.6 Å². The number of amides is 1. The smallest absolute Gasteiger partial charge is 0.243 e. The van der Waals surface area contributed by atoms with E-state index in [1.54, 1.807) is 17.8 Å². The summed E-state index contributed by atoms with van der Waals surface area (Å²) in [4.78, 5) is 11.1. The average Bonchev–Trinajstić information content (AvgIpc) is 2.51. The van der Waals surface area contributed by atoms with Gasteiger partial charge in [-0.3, -0.25) is 9.48 Å². The molecule has 0 aromatic carbocycles. The number of hydrogen-bond donors (Lipinski definition) is 1. The zero-order valence-corrected chi connectivity index (χ0v) is 11.4. The van der Waals surface area contributed by atoms with Crippen molar-refractivity contribution in [3.05, 3.63) is 22.5 Å². The van der Waals surface area contributed by atoms with Crippen LogP contribution >= 0.6 is 11.6 Å². The van der Waals surface area contributed by atoms with Gasteiger partial charge in [0.2, 0.25) is 5.91 Å². The van der Waals surface area contributed by atoms with Crippen molar-refractivity contribution >= 4 is 23.6 Å². The normalized spacial score (nSPS) is 11.4. The molecule has 0 saturated heterocycles. The first-order chi connectivity index (χ1) is 7.95. The van der Waals surface area contributed by atoms with Gasteiger partial charge in [0.1, 0.15) is 5.15 Å². The lowest BCUT2D eigenvalue weighted by atomic mass is 10.2. The van der Waals surface area contributed by atoms with E-state index in [0.29, 0.717) is 11.1 Å². The van der Waals surface area contributed by atoms with Crippen molar-refractivity contribution in [2.45, 2.75) is 27.3 Å². The van der Waals surface area contributed by atoms with Crippen LogP contribution in [0.2, 0.25) is 5.15 Å². The Morgan fingerprint density at radius 1 is 1.59 bits per heavy atom. The Morgan fingerprint density at radius 3 is 2.76 bits per heavy atom. The second kappa shape index (κ2) is 5.87. The van der Waals surface area contributed by atoms with Crippen molar-refractivity contribution in [1.82, 2.24) is 15.1 Å². The lowest BCUT2D eigenvalue weighted by Crippen LogP contribution is -2.13. The second-order valence-electron chi connectivity index (χ2n) is 4.31. The molecule has 0 aliphatic heterocycles. The molecule has 1 amide bonds. The molecule has 0 aliphatic rings. The Morgan fingerprint density at radius 2 is 2.24 bits per heavy atom.